The summed E-state index contributed by atoms with van der Waals surface area (Å²) in [4.78, 5) is 2.14. The van der Waals surface area contributed by atoms with Crippen molar-refractivity contribution in [3.05, 3.63) is 45.9 Å². The van der Waals surface area contributed by atoms with E-state index in [4.69, 9.17) is 4.74 Å². The number of ether oxygens (including phenoxy) is 1. The minimum absolute atomic E-state index is 0.0324. The largest absolute Gasteiger partial charge is 0.384 e. The predicted octanol–water partition coefficient (Wildman–Crippen LogP) is 3.88. The van der Waals surface area contributed by atoms with E-state index >= 15 is 0 Å². The average molecular weight is 345 g/mol. The summed E-state index contributed by atoms with van der Waals surface area (Å²) in [6.45, 7) is 8.89. The Morgan fingerprint density at radius 3 is 2.65 bits per heavy atom. The molecule has 0 saturated heterocycles. The molecule has 0 fully saturated rings. The summed E-state index contributed by atoms with van der Waals surface area (Å²) in [6.07, 6.45) is 8.33. The van der Waals surface area contributed by atoms with E-state index in [1.165, 1.54) is 11.3 Å². The van der Waals surface area contributed by atoms with Crippen molar-refractivity contribution in [2.24, 2.45) is 5.41 Å². The number of rotatable bonds is 4. The molecule has 0 aromatic heterocycles. The monoisotopic (exact) mass is 345 g/mol. The van der Waals surface area contributed by atoms with Gasteiger partial charge < -0.3 is 9.64 Å². The van der Waals surface area contributed by atoms with Crippen molar-refractivity contribution in [3.63, 3.8) is 0 Å². The standard InChI is InChI=1S/C14H20INO/c1-6-12(15)13-8-7-11(9-16(13)4)14(2,3)10-17-5/h6-9H,1,10H2,2-5H3/b13-12+. The van der Waals surface area contributed by atoms with Crippen LogP contribution in [-0.2, 0) is 4.74 Å². The van der Waals surface area contributed by atoms with Crippen molar-refractivity contribution in [2.45, 2.75) is 13.8 Å². The van der Waals surface area contributed by atoms with E-state index in [1.54, 1.807) is 7.11 Å². The van der Waals surface area contributed by atoms with Gasteiger partial charge in [0.1, 0.15) is 0 Å². The highest BCUT2D eigenvalue weighted by Crippen LogP contribution is 2.32. The van der Waals surface area contributed by atoms with Gasteiger partial charge in [0, 0.05) is 29.4 Å². The molecule has 0 radical (unpaired) electrons. The quantitative estimate of drug-likeness (QED) is 0.717. The fourth-order valence-corrected chi connectivity index (χ4v) is 2.36. The van der Waals surface area contributed by atoms with Crippen molar-refractivity contribution in [3.8, 4) is 0 Å². The third kappa shape index (κ3) is 3.45. The van der Waals surface area contributed by atoms with Crippen molar-refractivity contribution in [1.82, 2.24) is 4.90 Å². The lowest BCUT2D eigenvalue weighted by molar-refractivity contribution is 0.127. The van der Waals surface area contributed by atoms with Gasteiger partial charge in [0.25, 0.3) is 0 Å². The van der Waals surface area contributed by atoms with Crippen molar-refractivity contribution >= 4 is 22.6 Å². The molecule has 17 heavy (non-hydrogen) atoms. The van der Waals surface area contributed by atoms with Crippen LogP contribution in [0.15, 0.2) is 45.9 Å². The van der Waals surface area contributed by atoms with E-state index < -0.39 is 0 Å². The van der Waals surface area contributed by atoms with Gasteiger partial charge in [-0.15, -0.1) is 0 Å². The topological polar surface area (TPSA) is 12.5 Å². The molecule has 0 N–H and O–H groups in total. The Balaban J connectivity index is 2.99. The number of likely N-dealkylation sites (N-methyl/N-ethyl adjacent to an activating group) is 1. The highest BCUT2D eigenvalue weighted by atomic mass is 127. The van der Waals surface area contributed by atoms with Crippen LogP contribution in [0.5, 0.6) is 0 Å². The first-order chi connectivity index (χ1) is 7.92. The number of hydrogen-bond acceptors (Lipinski definition) is 2. The molecular formula is C14H20INO. The summed E-state index contributed by atoms with van der Waals surface area (Å²) < 4.78 is 6.42. The van der Waals surface area contributed by atoms with Crippen LogP contribution in [-0.4, -0.2) is 25.7 Å². The second-order valence-electron chi connectivity index (χ2n) is 4.78. The first kappa shape index (κ1) is 14.5. The summed E-state index contributed by atoms with van der Waals surface area (Å²) in [5, 5.41) is 0. The van der Waals surface area contributed by atoms with Crippen LogP contribution in [0.4, 0.5) is 0 Å². The molecule has 0 atom stereocenters. The minimum Gasteiger partial charge on any atom is -0.384 e. The summed E-state index contributed by atoms with van der Waals surface area (Å²) in [7, 11) is 3.80. The lowest BCUT2D eigenvalue weighted by atomic mass is 9.84. The van der Waals surface area contributed by atoms with E-state index in [0.717, 1.165) is 3.58 Å². The Morgan fingerprint density at radius 2 is 2.18 bits per heavy atom. The number of methoxy groups -OCH3 is 1. The van der Waals surface area contributed by atoms with Crippen molar-refractivity contribution < 1.29 is 4.74 Å². The van der Waals surface area contributed by atoms with Gasteiger partial charge >= 0.3 is 0 Å². The lowest BCUT2D eigenvalue weighted by Crippen LogP contribution is -2.25. The minimum atomic E-state index is 0.0324. The van der Waals surface area contributed by atoms with Crippen LogP contribution >= 0.6 is 22.6 Å². The fourth-order valence-electron chi connectivity index (χ4n) is 1.80. The zero-order valence-corrected chi connectivity index (χ0v) is 13.1. The molecule has 0 aliphatic carbocycles. The van der Waals surface area contributed by atoms with Gasteiger partial charge in [-0.2, -0.15) is 0 Å². The highest BCUT2D eigenvalue weighted by Gasteiger charge is 2.24. The van der Waals surface area contributed by atoms with Gasteiger partial charge in [-0.25, -0.2) is 0 Å². The van der Waals surface area contributed by atoms with Gasteiger partial charge in [0.15, 0.2) is 0 Å². The highest BCUT2D eigenvalue weighted by molar-refractivity contribution is 14.1. The molecule has 1 aliphatic heterocycles. The average Bonchev–Trinajstić information content (AvgIpc) is 2.28. The number of allylic oxidation sites excluding steroid dienone is 4. The van der Waals surface area contributed by atoms with Gasteiger partial charge in [0.05, 0.1) is 12.3 Å². The van der Waals surface area contributed by atoms with Crippen LogP contribution in [0.25, 0.3) is 0 Å². The Bertz CT molecular complexity index is 391. The number of hydrogen-bond donors (Lipinski definition) is 0. The third-order valence-corrected chi connectivity index (χ3v) is 3.84. The number of nitrogens with zero attached hydrogens (tertiary/aromatic N) is 1. The Morgan fingerprint density at radius 1 is 1.53 bits per heavy atom. The van der Waals surface area contributed by atoms with E-state index in [1.807, 2.05) is 6.08 Å². The molecule has 0 saturated carbocycles. The number of halogens is 1. The zero-order chi connectivity index (χ0) is 13.1. The maximum atomic E-state index is 5.27. The van der Waals surface area contributed by atoms with E-state index in [0.29, 0.717) is 6.61 Å². The molecule has 3 heteroatoms. The van der Waals surface area contributed by atoms with Gasteiger partial charge in [-0.1, -0.05) is 32.6 Å². The maximum absolute atomic E-state index is 5.27. The van der Waals surface area contributed by atoms with Gasteiger partial charge in [-0.05, 0) is 34.2 Å². The van der Waals surface area contributed by atoms with E-state index in [-0.39, 0.29) is 5.41 Å². The molecule has 1 rings (SSSR count). The summed E-state index contributed by atoms with van der Waals surface area (Å²) >= 11 is 2.30. The molecule has 0 aromatic carbocycles. The van der Waals surface area contributed by atoms with Crippen LogP contribution in [0.2, 0.25) is 0 Å². The molecule has 0 spiro atoms. The second kappa shape index (κ2) is 5.87. The van der Waals surface area contributed by atoms with E-state index in [9.17, 15) is 0 Å². The van der Waals surface area contributed by atoms with Crippen LogP contribution < -0.4 is 0 Å². The normalized spacial score (nSPS) is 19.1. The summed E-state index contributed by atoms with van der Waals surface area (Å²) in [6, 6.07) is 0. The Kier molecular flexibility index (Phi) is 5.01. The van der Waals surface area contributed by atoms with Gasteiger partial charge in [0.2, 0.25) is 0 Å². The SMILES string of the molecule is C=C/C(I)=C1/C=CC(C(C)(C)COC)=CN1C. The molecule has 0 unspecified atom stereocenters. The van der Waals surface area contributed by atoms with Gasteiger partial charge in [-0.3, -0.25) is 0 Å². The van der Waals surface area contributed by atoms with Crippen LogP contribution in [0.1, 0.15) is 13.8 Å². The fraction of sp³-hybridized carbons (Fsp3) is 0.429. The van der Waals surface area contributed by atoms with Crippen molar-refractivity contribution in [2.75, 3.05) is 20.8 Å². The first-order valence-electron chi connectivity index (χ1n) is 5.56. The molecule has 0 amide bonds. The lowest BCUT2D eigenvalue weighted by Gasteiger charge is -2.31. The smallest absolute Gasteiger partial charge is 0.0554 e. The summed E-state index contributed by atoms with van der Waals surface area (Å²) in [5.41, 5.74) is 2.49. The Labute approximate surface area is 118 Å². The summed E-state index contributed by atoms with van der Waals surface area (Å²) in [5.74, 6) is 0. The molecule has 94 valence electrons. The molecule has 1 heterocycles. The molecular weight excluding hydrogens is 325 g/mol. The second-order valence-corrected chi connectivity index (χ2v) is 5.95. The molecule has 0 aromatic rings. The zero-order valence-electron chi connectivity index (χ0n) is 11.0. The molecule has 2 nitrogen and oxygen atoms in total. The predicted molar refractivity (Wildman–Crippen MR) is 81.9 cm³/mol. The molecule has 0 bridgehead atoms. The van der Waals surface area contributed by atoms with Crippen molar-refractivity contribution in [1.29, 1.82) is 0 Å². The third-order valence-electron chi connectivity index (χ3n) is 2.84. The molecule has 1 aliphatic rings. The van der Waals surface area contributed by atoms with Crippen LogP contribution in [0, 0.1) is 5.41 Å². The van der Waals surface area contributed by atoms with Crippen LogP contribution in [0.3, 0.4) is 0 Å². The first-order valence-corrected chi connectivity index (χ1v) is 6.64. The Hall–Kier alpha value is -0.550. The van der Waals surface area contributed by atoms with E-state index in [2.05, 4.69) is 73.3 Å². The maximum Gasteiger partial charge on any atom is 0.0554 e.